The third-order valence-corrected chi connectivity index (χ3v) is 4.65. The van der Waals surface area contributed by atoms with Crippen molar-refractivity contribution >= 4 is 29.4 Å². The first-order valence-corrected chi connectivity index (χ1v) is 9.90. The number of urea groups is 1. The molecule has 0 unspecified atom stereocenters. The average molecular weight is 419 g/mol. The standard InChI is InChI=1S/C21H27ClN4O3/c1-2-16-7-9-18(10-8-16)25-21(28)29-14-13-26(12-11-23)20(27)24-15-17-5-3-4-6-19(17)22/h3-10H,2,11-15,23H2,1H3,(H,24,27)(H,25,28). The van der Waals surface area contributed by atoms with Crippen LogP contribution in [0.4, 0.5) is 15.3 Å². The van der Waals surface area contributed by atoms with Crippen molar-refractivity contribution in [3.05, 3.63) is 64.7 Å². The monoisotopic (exact) mass is 418 g/mol. The van der Waals surface area contributed by atoms with Gasteiger partial charge in [-0.25, -0.2) is 9.59 Å². The van der Waals surface area contributed by atoms with E-state index in [2.05, 4.69) is 17.6 Å². The maximum atomic E-state index is 12.4. The van der Waals surface area contributed by atoms with Gasteiger partial charge in [0, 0.05) is 30.3 Å². The molecule has 0 bridgehead atoms. The van der Waals surface area contributed by atoms with Gasteiger partial charge in [0.2, 0.25) is 0 Å². The molecule has 0 fully saturated rings. The maximum Gasteiger partial charge on any atom is 0.411 e. The van der Waals surface area contributed by atoms with Crippen molar-refractivity contribution in [3.8, 4) is 0 Å². The lowest BCUT2D eigenvalue weighted by Gasteiger charge is -2.22. The lowest BCUT2D eigenvalue weighted by atomic mass is 10.1. The molecule has 0 spiro atoms. The van der Waals surface area contributed by atoms with Gasteiger partial charge in [-0.1, -0.05) is 48.9 Å². The predicted molar refractivity (Wildman–Crippen MR) is 115 cm³/mol. The summed E-state index contributed by atoms with van der Waals surface area (Å²) in [5.74, 6) is 0. The Morgan fingerprint density at radius 3 is 2.48 bits per heavy atom. The van der Waals surface area contributed by atoms with Crippen LogP contribution in [0.3, 0.4) is 0 Å². The number of nitrogens with zero attached hydrogens (tertiary/aromatic N) is 1. The van der Waals surface area contributed by atoms with E-state index in [4.69, 9.17) is 22.1 Å². The minimum Gasteiger partial charge on any atom is -0.447 e. The molecule has 3 amide bonds. The van der Waals surface area contributed by atoms with Crippen molar-refractivity contribution in [2.75, 3.05) is 31.6 Å². The molecule has 156 valence electrons. The first-order chi connectivity index (χ1) is 14.0. The first-order valence-electron chi connectivity index (χ1n) is 9.52. The van der Waals surface area contributed by atoms with Crippen LogP contribution in [0.1, 0.15) is 18.1 Å². The second-order valence-electron chi connectivity index (χ2n) is 6.34. The number of carbonyl (C=O) groups is 2. The van der Waals surface area contributed by atoms with Crippen molar-refractivity contribution in [1.82, 2.24) is 10.2 Å². The van der Waals surface area contributed by atoms with Crippen LogP contribution in [0.25, 0.3) is 0 Å². The van der Waals surface area contributed by atoms with E-state index in [0.717, 1.165) is 12.0 Å². The Bertz CT molecular complexity index is 799. The van der Waals surface area contributed by atoms with Gasteiger partial charge < -0.3 is 20.7 Å². The molecule has 0 aliphatic carbocycles. The fourth-order valence-corrected chi connectivity index (χ4v) is 2.82. The molecule has 8 heteroatoms. The van der Waals surface area contributed by atoms with E-state index < -0.39 is 6.09 Å². The number of hydrogen-bond acceptors (Lipinski definition) is 4. The third-order valence-electron chi connectivity index (χ3n) is 4.28. The molecule has 2 aromatic rings. The summed E-state index contributed by atoms with van der Waals surface area (Å²) < 4.78 is 5.18. The van der Waals surface area contributed by atoms with Crippen molar-refractivity contribution in [2.45, 2.75) is 19.9 Å². The van der Waals surface area contributed by atoms with Crippen LogP contribution < -0.4 is 16.4 Å². The fourth-order valence-electron chi connectivity index (χ4n) is 2.62. The Kier molecular flexibility index (Phi) is 9.27. The number of anilines is 1. The minimum absolute atomic E-state index is 0.0540. The van der Waals surface area contributed by atoms with Gasteiger partial charge in [-0.2, -0.15) is 0 Å². The van der Waals surface area contributed by atoms with Crippen molar-refractivity contribution in [1.29, 1.82) is 0 Å². The topological polar surface area (TPSA) is 96.7 Å². The highest BCUT2D eigenvalue weighted by Crippen LogP contribution is 2.14. The van der Waals surface area contributed by atoms with E-state index >= 15 is 0 Å². The number of aryl methyl sites for hydroxylation is 1. The Hall–Kier alpha value is -2.77. The zero-order valence-corrected chi connectivity index (χ0v) is 17.2. The first kappa shape index (κ1) is 22.5. The van der Waals surface area contributed by atoms with Gasteiger partial charge in [-0.05, 0) is 35.7 Å². The molecule has 0 aromatic heterocycles. The van der Waals surface area contributed by atoms with Gasteiger partial charge in [0.05, 0.1) is 6.54 Å². The number of benzene rings is 2. The fraction of sp³-hybridized carbons (Fsp3) is 0.333. The zero-order valence-electron chi connectivity index (χ0n) is 16.5. The van der Waals surface area contributed by atoms with Crippen LogP contribution in [-0.4, -0.2) is 43.3 Å². The number of rotatable bonds is 9. The van der Waals surface area contributed by atoms with Gasteiger partial charge in [-0.3, -0.25) is 5.32 Å². The molecular formula is C21H27ClN4O3. The average Bonchev–Trinajstić information content (AvgIpc) is 2.73. The lowest BCUT2D eigenvalue weighted by molar-refractivity contribution is 0.141. The molecular weight excluding hydrogens is 392 g/mol. The molecule has 0 aliphatic rings. The number of nitrogens with one attached hydrogen (secondary N) is 2. The van der Waals surface area contributed by atoms with Crippen molar-refractivity contribution in [3.63, 3.8) is 0 Å². The predicted octanol–water partition coefficient (Wildman–Crippen LogP) is 3.62. The van der Waals surface area contributed by atoms with Gasteiger partial charge in [0.25, 0.3) is 0 Å². The van der Waals surface area contributed by atoms with Crippen LogP contribution in [0, 0.1) is 0 Å². The molecule has 0 atom stereocenters. The number of nitrogens with two attached hydrogens (primary N) is 1. The zero-order chi connectivity index (χ0) is 21.1. The lowest BCUT2D eigenvalue weighted by Crippen LogP contribution is -2.44. The number of amides is 3. The Balaban J connectivity index is 1.77. The third kappa shape index (κ3) is 7.63. The largest absolute Gasteiger partial charge is 0.447 e. The summed E-state index contributed by atoms with van der Waals surface area (Å²) in [7, 11) is 0. The van der Waals surface area contributed by atoms with E-state index in [1.165, 1.54) is 10.5 Å². The van der Waals surface area contributed by atoms with E-state index in [9.17, 15) is 9.59 Å². The second-order valence-corrected chi connectivity index (χ2v) is 6.74. The summed E-state index contributed by atoms with van der Waals surface area (Å²) >= 11 is 6.10. The SMILES string of the molecule is CCc1ccc(NC(=O)OCCN(CCN)C(=O)NCc2ccccc2Cl)cc1. The summed E-state index contributed by atoms with van der Waals surface area (Å²) in [4.78, 5) is 25.8. The second kappa shape index (κ2) is 11.9. The highest BCUT2D eigenvalue weighted by atomic mass is 35.5. The van der Waals surface area contributed by atoms with Crippen LogP contribution >= 0.6 is 11.6 Å². The highest BCUT2D eigenvalue weighted by Gasteiger charge is 2.14. The molecule has 2 rings (SSSR count). The van der Waals surface area contributed by atoms with Gasteiger partial charge in [-0.15, -0.1) is 0 Å². The van der Waals surface area contributed by atoms with E-state index in [1.807, 2.05) is 42.5 Å². The van der Waals surface area contributed by atoms with Crippen LogP contribution in [-0.2, 0) is 17.7 Å². The molecule has 0 radical (unpaired) electrons. The molecule has 0 saturated carbocycles. The van der Waals surface area contributed by atoms with Gasteiger partial charge in [0.1, 0.15) is 6.61 Å². The van der Waals surface area contributed by atoms with E-state index in [-0.39, 0.29) is 19.2 Å². The summed E-state index contributed by atoms with van der Waals surface area (Å²) in [6.45, 7) is 3.29. The number of halogens is 1. The smallest absolute Gasteiger partial charge is 0.411 e. The number of hydrogen-bond donors (Lipinski definition) is 3. The Morgan fingerprint density at radius 2 is 1.83 bits per heavy atom. The molecule has 7 nitrogen and oxygen atoms in total. The number of ether oxygens (including phenoxy) is 1. The number of carbonyl (C=O) groups excluding carboxylic acids is 2. The maximum absolute atomic E-state index is 12.4. The van der Waals surface area contributed by atoms with Crippen LogP contribution in [0.2, 0.25) is 5.02 Å². The normalized spacial score (nSPS) is 10.3. The minimum atomic E-state index is -0.571. The highest BCUT2D eigenvalue weighted by molar-refractivity contribution is 6.31. The molecule has 0 heterocycles. The van der Waals surface area contributed by atoms with Crippen LogP contribution in [0.5, 0.6) is 0 Å². The van der Waals surface area contributed by atoms with Crippen LogP contribution in [0.15, 0.2) is 48.5 Å². The summed E-state index contributed by atoms with van der Waals surface area (Å²) in [6.07, 6.45) is 0.360. The van der Waals surface area contributed by atoms with E-state index in [1.54, 1.807) is 6.07 Å². The molecule has 0 aliphatic heterocycles. The summed E-state index contributed by atoms with van der Waals surface area (Å²) in [5.41, 5.74) is 8.25. The molecule has 0 saturated heterocycles. The summed E-state index contributed by atoms with van der Waals surface area (Å²) in [5, 5.41) is 6.05. The molecule has 4 N–H and O–H groups in total. The Labute approximate surface area is 176 Å². The summed E-state index contributed by atoms with van der Waals surface area (Å²) in [6, 6.07) is 14.5. The van der Waals surface area contributed by atoms with Gasteiger partial charge in [0.15, 0.2) is 0 Å². The van der Waals surface area contributed by atoms with E-state index in [0.29, 0.717) is 30.3 Å². The van der Waals surface area contributed by atoms with Crippen molar-refractivity contribution in [2.24, 2.45) is 5.73 Å². The van der Waals surface area contributed by atoms with Gasteiger partial charge >= 0.3 is 12.1 Å². The molecule has 29 heavy (non-hydrogen) atoms. The molecule has 2 aromatic carbocycles. The Morgan fingerprint density at radius 1 is 1.10 bits per heavy atom. The quantitative estimate of drug-likeness (QED) is 0.579. The van der Waals surface area contributed by atoms with Crippen molar-refractivity contribution < 1.29 is 14.3 Å².